The number of aromatic nitrogens is 2. The van der Waals surface area contributed by atoms with Crippen LogP contribution in [0.4, 0.5) is 18.9 Å². The third-order valence-electron chi connectivity index (χ3n) is 5.90. The van der Waals surface area contributed by atoms with E-state index >= 15 is 0 Å². The summed E-state index contributed by atoms with van der Waals surface area (Å²) < 4.78 is 42.5. The Morgan fingerprint density at radius 3 is 2.63 bits per heavy atom. The van der Waals surface area contributed by atoms with Crippen LogP contribution in [0, 0.1) is 6.92 Å². The van der Waals surface area contributed by atoms with Gasteiger partial charge in [0.2, 0.25) is 0 Å². The van der Waals surface area contributed by atoms with Gasteiger partial charge in [-0.15, -0.1) is 0 Å². The molecule has 0 aliphatic heterocycles. The van der Waals surface area contributed by atoms with E-state index in [4.69, 9.17) is 0 Å². The van der Waals surface area contributed by atoms with Crippen LogP contribution < -0.4 is 5.32 Å². The van der Waals surface area contributed by atoms with Crippen LogP contribution in [0.25, 0.3) is 10.9 Å². The highest BCUT2D eigenvalue weighted by Gasteiger charge is 2.62. The van der Waals surface area contributed by atoms with Gasteiger partial charge in [-0.1, -0.05) is 25.1 Å². The average Bonchev–Trinajstić information content (AvgIpc) is 2.69. The highest BCUT2D eigenvalue weighted by molar-refractivity contribution is 5.91. The monoisotopic (exact) mass is 417 g/mol. The summed E-state index contributed by atoms with van der Waals surface area (Å²) in [7, 11) is 0. The summed E-state index contributed by atoms with van der Waals surface area (Å²) >= 11 is 0. The van der Waals surface area contributed by atoms with E-state index in [1.807, 2.05) is 0 Å². The standard InChI is InChI=1S/C22H22F3N3O2/c1-3-13-10-21(30,22(23,24)25)20(14-6-4-9-18(29)19(13)14)28-17-8-5-7-16-15(17)11-26-12(2)27-16/h4-9,11,13,20,28-30H,3,10H2,1-2H3/t13-,20+,21-/m1/s1. The molecule has 30 heavy (non-hydrogen) atoms. The molecule has 0 fully saturated rings. The maximum atomic E-state index is 14.2. The number of rotatable bonds is 3. The van der Waals surface area contributed by atoms with Crippen molar-refractivity contribution in [2.75, 3.05) is 5.32 Å². The number of benzene rings is 2. The summed E-state index contributed by atoms with van der Waals surface area (Å²) in [6.45, 7) is 3.48. The molecule has 0 amide bonds. The lowest BCUT2D eigenvalue weighted by Gasteiger charge is -2.45. The Bertz CT molecular complexity index is 1100. The van der Waals surface area contributed by atoms with Gasteiger partial charge in [-0.2, -0.15) is 13.2 Å². The van der Waals surface area contributed by atoms with Crippen LogP contribution in [-0.2, 0) is 0 Å². The van der Waals surface area contributed by atoms with E-state index in [-0.39, 0.29) is 11.3 Å². The number of hydrogen-bond acceptors (Lipinski definition) is 5. The number of phenols is 1. The Balaban J connectivity index is 1.91. The number of phenolic OH excluding ortho intramolecular Hbond substituents is 1. The molecule has 3 aromatic rings. The maximum absolute atomic E-state index is 14.2. The molecular weight excluding hydrogens is 395 g/mol. The van der Waals surface area contributed by atoms with Crippen molar-refractivity contribution in [3.05, 3.63) is 59.5 Å². The number of nitrogens with zero attached hydrogens (tertiary/aromatic N) is 2. The minimum atomic E-state index is -4.88. The lowest BCUT2D eigenvalue weighted by Crippen LogP contribution is -2.55. The molecule has 4 rings (SSSR count). The Morgan fingerprint density at radius 2 is 1.93 bits per heavy atom. The summed E-state index contributed by atoms with van der Waals surface area (Å²) in [6.07, 6.45) is -3.51. The van der Waals surface area contributed by atoms with E-state index in [1.165, 1.54) is 18.2 Å². The molecule has 3 atom stereocenters. The van der Waals surface area contributed by atoms with Gasteiger partial charge in [-0.25, -0.2) is 9.97 Å². The number of aliphatic hydroxyl groups is 1. The summed E-state index contributed by atoms with van der Waals surface area (Å²) in [5.74, 6) is -0.137. The summed E-state index contributed by atoms with van der Waals surface area (Å²) in [5.41, 5.74) is -1.37. The second-order valence-corrected chi connectivity index (χ2v) is 7.74. The fourth-order valence-corrected chi connectivity index (χ4v) is 4.37. The number of hydrogen-bond donors (Lipinski definition) is 3. The molecule has 0 bridgehead atoms. The van der Waals surface area contributed by atoms with Crippen molar-refractivity contribution >= 4 is 16.6 Å². The van der Waals surface area contributed by atoms with Crippen LogP contribution in [-0.4, -0.2) is 32.0 Å². The quantitative estimate of drug-likeness (QED) is 0.560. The van der Waals surface area contributed by atoms with Crippen LogP contribution in [0.5, 0.6) is 5.75 Å². The highest BCUT2D eigenvalue weighted by Crippen LogP contribution is 2.55. The molecular formula is C22H22F3N3O2. The number of aromatic hydroxyl groups is 1. The first-order chi connectivity index (χ1) is 14.2. The molecule has 1 heterocycles. The second kappa shape index (κ2) is 7.12. The molecule has 1 aliphatic rings. The normalized spacial score (nSPS) is 23.9. The summed E-state index contributed by atoms with van der Waals surface area (Å²) in [5, 5.41) is 24.8. The summed E-state index contributed by atoms with van der Waals surface area (Å²) in [6, 6.07) is 8.04. The number of aryl methyl sites for hydroxylation is 1. The molecule has 5 nitrogen and oxygen atoms in total. The van der Waals surface area contributed by atoms with E-state index < -0.39 is 30.2 Å². The third kappa shape index (κ3) is 3.15. The predicted octanol–water partition coefficient (Wildman–Crippen LogP) is 4.99. The minimum absolute atomic E-state index is 0.0627. The average molecular weight is 417 g/mol. The maximum Gasteiger partial charge on any atom is 0.419 e. The lowest BCUT2D eigenvalue weighted by molar-refractivity contribution is -0.272. The molecule has 0 saturated heterocycles. The fourth-order valence-electron chi connectivity index (χ4n) is 4.37. The molecule has 3 N–H and O–H groups in total. The smallest absolute Gasteiger partial charge is 0.419 e. The van der Waals surface area contributed by atoms with Crippen LogP contribution in [0.3, 0.4) is 0 Å². The van der Waals surface area contributed by atoms with E-state index in [0.29, 0.717) is 34.4 Å². The zero-order chi connectivity index (χ0) is 21.7. The van der Waals surface area contributed by atoms with Crippen LogP contribution >= 0.6 is 0 Å². The van der Waals surface area contributed by atoms with Gasteiger partial charge in [-0.05, 0) is 49.4 Å². The van der Waals surface area contributed by atoms with Crippen LogP contribution in [0.1, 0.15) is 48.7 Å². The van der Waals surface area contributed by atoms with Gasteiger partial charge in [0.25, 0.3) is 0 Å². The number of fused-ring (bicyclic) bond motifs is 2. The lowest BCUT2D eigenvalue weighted by atomic mass is 9.69. The predicted molar refractivity (Wildman–Crippen MR) is 107 cm³/mol. The van der Waals surface area contributed by atoms with Gasteiger partial charge in [0, 0.05) is 22.8 Å². The van der Waals surface area contributed by atoms with Crippen molar-refractivity contribution in [3.8, 4) is 5.75 Å². The van der Waals surface area contributed by atoms with Gasteiger partial charge in [0.15, 0.2) is 5.60 Å². The van der Waals surface area contributed by atoms with Crippen molar-refractivity contribution in [1.82, 2.24) is 9.97 Å². The third-order valence-corrected chi connectivity index (χ3v) is 5.90. The SMILES string of the molecule is CC[C@@H]1C[C@](O)(C(F)(F)F)[C@@H](Nc2cccc3nc(C)ncc23)c2cccc(O)c21. The topological polar surface area (TPSA) is 78.3 Å². The van der Waals surface area contributed by atoms with Gasteiger partial charge in [0.1, 0.15) is 11.6 Å². The van der Waals surface area contributed by atoms with Crippen molar-refractivity contribution < 1.29 is 23.4 Å². The zero-order valence-corrected chi connectivity index (χ0v) is 16.5. The Kier molecular flexibility index (Phi) is 4.85. The minimum Gasteiger partial charge on any atom is -0.508 e. The van der Waals surface area contributed by atoms with Crippen molar-refractivity contribution in [2.45, 2.75) is 50.4 Å². The second-order valence-electron chi connectivity index (χ2n) is 7.74. The van der Waals surface area contributed by atoms with Gasteiger partial charge < -0.3 is 15.5 Å². The molecule has 0 saturated carbocycles. The molecule has 1 aromatic heterocycles. The van der Waals surface area contributed by atoms with E-state index in [0.717, 1.165) is 0 Å². The van der Waals surface area contributed by atoms with Crippen LogP contribution in [0.15, 0.2) is 42.6 Å². The number of nitrogens with one attached hydrogen (secondary N) is 1. The molecule has 1 aliphatic carbocycles. The fraction of sp³-hybridized carbons (Fsp3) is 0.364. The van der Waals surface area contributed by atoms with E-state index in [9.17, 15) is 23.4 Å². The van der Waals surface area contributed by atoms with E-state index in [2.05, 4.69) is 15.3 Å². The zero-order valence-electron chi connectivity index (χ0n) is 16.5. The first-order valence-electron chi connectivity index (χ1n) is 9.75. The van der Waals surface area contributed by atoms with Gasteiger partial charge in [0.05, 0.1) is 11.6 Å². The van der Waals surface area contributed by atoms with Crippen molar-refractivity contribution in [1.29, 1.82) is 0 Å². The number of alkyl halides is 3. The Labute approximate surface area is 171 Å². The molecule has 2 aromatic carbocycles. The molecule has 0 unspecified atom stereocenters. The van der Waals surface area contributed by atoms with Gasteiger partial charge >= 0.3 is 6.18 Å². The summed E-state index contributed by atoms with van der Waals surface area (Å²) in [4.78, 5) is 8.48. The van der Waals surface area contributed by atoms with Crippen molar-refractivity contribution in [2.24, 2.45) is 0 Å². The molecule has 8 heteroatoms. The van der Waals surface area contributed by atoms with Crippen LogP contribution in [0.2, 0.25) is 0 Å². The van der Waals surface area contributed by atoms with Crippen molar-refractivity contribution in [3.63, 3.8) is 0 Å². The first kappa shape index (κ1) is 20.4. The highest BCUT2D eigenvalue weighted by atomic mass is 19.4. The first-order valence-corrected chi connectivity index (χ1v) is 9.75. The molecule has 0 spiro atoms. The number of anilines is 1. The molecule has 158 valence electrons. The molecule has 0 radical (unpaired) electrons. The van der Waals surface area contributed by atoms with Gasteiger partial charge in [-0.3, -0.25) is 0 Å². The largest absolute Gasteiger partial charge is 0.508 e. The number of halogens is 3. The Hall–Kier alpha value is -2.87. The van der Waals surface area contributed by atoms with E-state index in [1.54, 1.807) is 38.2 Å². The Morgan fingerprint density at radius 1 is 1.20 bits per heavy atom.